The van der Waals surface area contributed by atoms with Crippen LogP contribution in [0.4, 0.5) is 17.6 Å². The van der Waals surface area contributed by atoms with Gasteiger partial charge in [-0.15, -0.1) is 0 Å². The van der Waals surface area contributed by atoms with Crippen LogP contribution in [0.2, 0.25) is 0 Å². The van der Waals surface area contributed by atoms with Crippen molar-refractivity contribution in [2.75, 3.05) is 6.54 Å². The predicted molar refractivity (Wildman–Crippen MR) is 64.7 cm³/mol. The molecule has 0 fully saturated rings. The molecule has 0 bridgehead atoms. The minimum atomic E-state index is -4.82. The van der Waals surface area contributed by atoms with Crippen LogP contribution in [0, 0.1) is 18.7 Å². The zero-order chi connectivity index (χ0) is 15.5. The molecule has 1 aromatic rings. The third kappa shape index (κ3) is 4.19. The molecule has 3 nitrogen and oxygen atoms in total. The van der Waals surface area contributed by atoms with E-state index in [0.717, 1.165) is 0 Å². The second-order valence-electron chi connectivity index (χ2n) is 4.57. The molecule has 1 aromatic carbocycles. The highest BCUT2D eigenvalue weighted by molar-refractivity contribution is 5.71. The summed E-state index contributed by atoms with van der Waals surface area (Å²) in [5, 5.41) is 11.0. The summed E-state index contributed by atoms with van der Waals surface area (Å²) < 4.78 is 50.7. The Bertz CT molecular complexity index is 488. The van der Waals surface area contributed by atoms with E-state index in [1.165, 1.54) is 12.1 Å². The van der Waals surface area contributed by atoms with Gasteiger partial charge in [-0.1, -0.05) is 12.1 Å². The molecule has 7 heteroatoms. The van der Waals surface area contributed by atoms with Crippen LogP contribution >= 0.6 is 0 Å². The molecule has 2 unspecified atom stereocenters. The topological polar surface area (TPSA) is 49.3 Å². The molecule has 2 N–H and O–H groups in total. The molecule has 0 saturated heterocycles. The Morgan fingerprint density at radius 3 is 2.45 bits per heavy atom. The van der Waals surface area contributed by atoms with Gasteiger partial charge in [0.2, 0.25) is 0 Å². The van der Waals surface area contributed by atoms with Gasteiger partial charge in [0.15, 0.2) is 5.92 Å². The number of carboxylic acid groups (broad SMARTS) is 1. The monoisotopic (exact) mass is 293 g/mol. The van der Waals surface area contributed by atoms with Crippen molar-refractivity contribution in [2.45, 2.75) is 26.1 Å². The van der Waals surface area contributed by atoms with Gasteiger partial charge < -0.3 is 10.4 Å². The summed E-state index contributed by atoms with van der Waals surface area (Å²) in [6.45, 7) is 2.34. The summed E-state index contributed by atoms with van der Waals surface area (Å²) in [6, 6.07) is 3.73. The van der Waals surface area contributed by atoms with Crippen LogP contribution in [0.3, 0.4) is 0 Å². The van der Waals surface area contributed by atoms with Crippen LogP contribution < -0.4 is 5.32 Å². The van der Waals surface area contributed by atoms with E-state index in [1.807, 2.05) is 0 Å². The van der Waals surface area contributed by atoms with Gasteiger partial charge in [-0.3, -0.25) is 4.79 Å². The number of nitrogens with one attached hydrogen (secondary N) is 1. The highest BCUT2D eigenvalue weighted by atomic mass is 19.4. The Morgan fingerprint density at radius 1 is 1.40 bits per heavy atom. The molecular weight excluding hydrogens is 278 g/mol. The number of benzene rings is 1. The lowest BCUT2D eigenvalue weighted by Gasteiger charge is -2.20. The Hall–Kier alpha value is -1.63. The van der Waals surface area contributed by atoms with Crippen molar-refractivity contribution in [2.24, 2.45) is 5.92 Å². The predicted octanol–water partition coefficient (Wildman–Crippen LogP) is 3.05. The standard InChI is InChI=1S/C13H15F4NO2/c1-7-3-4-9(5-11(7)14)8(2)18-6-10(12(19)20)13(15,16)17/h3-5,8,10,18H,6H2,1-2H3,(H,19,20). The van der Waals surface area contributed by atoms with Gasteiger partial charge >= 0.3 is 12.1 Å². The van der Waals surface area contributed by atoms with Gasteiger partial charge in [0.25, 0.3) is 0 Å². The summed E-state index contributed by atoms with van der Waals surface area (Å²) in [5.74, 6) is -4.88. The third-order valence-corrected chi connectivity index (χ3v) is 3.02. The fraction of sp³-hybridized carbons (Fsp3) is 0.462. The van der Waals surface area contributed by atoms with E-state index in [-0.39, 0.29) is 0 Å². The average molecular weight is 293 g/mol. The summed E-state index contributed by atoms with van der Waals surface area (Å²) in [6.07, 6.45) is -4.82. The summed E-state index contributed by atoms with van der Waals surface area (Å²) in [7, 11) is 0. The average Bonchev–Trinajstić information content (AvgIpc) is 2.30. The largest absolute Gasteiger partial charge is 0.481 e. The summed E-state index contributed by atoms with van der Waals surface area (Å²) in [5.41, 5.74) is 0.888. The van der Waals surface area contributed by atoms with Crippen LogP contribution in [-0.4, -0.2) is 23.8 Å². The number of hydrogen-bond acceptors (Lipinski definition) is 2. The Balaban J connectivity index is 2.73. The molecule has 0 aromatic heterocycles. The number of alkyl halides is 3. The van der Waals surface area contributed by atoms with E-state index in [0.29, 0.717) is 11.1 Å². The number of carbonyl (C=O) groups is 1. The zero-order valence-electron chi connectivity index (χ0n) is 11.0. The fourth-order valence-corrected chi connectivity index (χ4v) is 1.63. The van der Waals surface area contributed by atoms with E-state index in [2.05, 4.69) is 5.32 Å². The summed E-state index contributed by atoms with van der Waals surface area (Å²) >= 11 is 0. The molecule has 0 amide bonds. The third-order valence-electron chi connectivity index (χ3n) is 3.02. The molecule has 0 aliphatic carbocycles. The minimum absolute atomic E-state index is 0.430. The van der Waals surface area contributed by atoms with E-state index >= 15 is 0 Å². The maximum absolute atomic E-state index is 13.4. The van der Waals surface area contributed by atoms with Gasteiger partial charge in [0.05, 0.1) is 0 Å². The van der Waals surface area contributed by atoms with Gasteiger partial charge in [0, 0.05) is 12.6 Å². The lowest BCUT2D eigenvalue weighted by Crippen LogP contribution is -2.39. The number of halogens is 4. The first-order chi connectivity index (χ1) is 9.12. The summed E-state index contributed by atoms with van der Waals surface area (Å²) in [4.78, 5) is 10.6. The number of aliphatic carboxylic acids is 1. The highest BCUT2D eigenvalue weighted by Crippen LogP contribution is 2.26. The van der Waals surface area contributed by atoms with Crippen LogP contribution in [0.25, 0.3) is 0 Å². The first-order valence-corrected chi connectivity index (χ1v) is 5.92. The van der Waals surface area contributed by atoms with Gasteiger partial charge in [-0.25, -0.2) is 4.39 Å². The Labute approximate surface area is 113 Å². The SMILES string of the molecule is Cc1ccc(C(C)NCC(C(=O)O)C(F)(F)F)cc1F. The van der Waals surface area contributed by atoms with Crippen molar-refractivity contribution in [1.29, 1.82) is 0 Å². The first-order valence-electron chi connectivity index (χ1n) is 5.92. The quantitative estimate of drug-likeness (QED) is 0.820. The van der Waals surface area contributed by atoms with E-state index in [9.17, 15) is 22.4 Å². The van der Waals surface area contributed by atoms with Crippen LogP contribution in [0.15, 0.2) is 18.2 Å². The molecule has 0 aliphatic heterocycles. The lowest BCUT2D eigenvalue weighted by molar-refractivity contribution is -0.192. The van der Waals surface area contributed by atoms with E-state index < -0.39 is 36.5 Å². The Morgan fingerprint density at radius 2 is 2.00 bits per heavy atom. The maximum atomic E-state index is 13.4. The van der Waals surface area contributed by atoms with Crippen molar-refractivity contribution >= 4 is 5.97 Å². The molecule has 0 heterocycles. The molecule has 0 saturated carbocycles. The zero-order valence-corrected chi connectivity index (χ0v) is 11.0. The van der Waals surface area contributed by atoms with E-state index in [4.69, 9.17) is 5.11 Å². The molecule has 0 aliphatic rings. The number of carboxylic acids is 1. The van der Waals surface area contributed by atoms with Crippen LogP contribution in [-0.2, 0) is 4.79 Å². The second-order valence-corrected chi connectivity index (χ2v) is 4.57. The van der Waals surface area contributed by atoms with Crippen molar-refractivity contribution in [1.82, 2.24) is 5.32 Å². The normalized spacial score (nSPS) is 14.9. The van der Waals surface area contributed by atoms with Crippen molar-refractivity contribution in [3.8, 4) is 0 Å². The van der Waals surface area contributed by atoms with Gasteiger partial charge in [-0.2, -0.15) is 13.2 Å². The number of rotatable bonds is 5. The molecule has 112 valence electrons. The van der Waals surface area contributed by atoms with E-state index in [1.54, 1.807) is 19.9 Å². The fourth-order valence-electron chi connectivity index (χ4n) is 1.63. The van der Waals surface area contributed by atoms with Crippen LogP contribution in [0.5, 0.6) is 0 Å². The maximum Gasteiger partial charge on any atom is 0.403 e. The molecule has 2 atom stereocenters. The second kappa shape index (κ2) is 6.21. The number of hydrogen-bond donors (Lipinski definition) is 2. The van der Waals surface area contributed by atoms with Gasteiger partial charge in [0.1, 0.15) is 5.82 Å². The van der Waals surface area contributed by atoms with Crippen molar-refractivity contribution < 1.29 is 27.5 Å². The first kappa shape index (κ1) is 16.4. The van der Waals surface area contributed by atoms with Crippen molar-refractivity contribution in [3.63, 3.8) is 0 Å². The van der Waals surface area contributed by atoms with Crippen LogP contribution in [0.1, 0.15) is 24.1 Å². The van der Waals surface area contributed by atoms with Crippen molar-refractivity contribution in [3.05, 3.63) is 35.1 Å². The van der Waals surface area contributed by atoms with Gasteiger partial charge in [-0.05, 0) is 31.0 Å². The smallest absolute Gasteiger partial charge is 0.403 e. The number of aryl methyl sites for hydroxylation is 1. The molecule has 20 heavy (non-hydrogen) atoms. The highest BCUT2D eigenvalue weighted by Gasteiger charge is 2.44. The lowest BCUT2D eigenvalue weighted by atomic mass is 10.0. The molecular formula is C13H15F4NO2. The minimum Gasteiger partial charge on any atom is -0.481 e. The molecule has 0 spiro atoms. The molecule has 1 rings (SSSR count). The Kier molecular flexibility index (Phi) is 5.10. The molecule has 0 radical (unpaired) electrons.